The van der Waals surface area contributed by atoms with E-state index in [9.17, 15) is 0 Å². The van der Waals surface area contributed by atoms with Gasteiger partial charge in [0.1, 0.15) is 0 Å². The molecule has 4 aliphatic carbocycles. The van der Waals surface area contributed by atoms with Gasteiger partial charge in [0.2, 0.25) is 0 Å². The summed E-state index contributed by atoms with van der Waals surface area (Å²) in [6, 6.07) is 0. The maximum absolute atomic E-state index is 6.32. The lowest BCUT2D eigenvalue weighted by atomic mass is 9.39. The smallest absolute Gasteiger partial charge is 0.174 e. The molecule has 0 aromatic rings. The van der Waals surface area contributed by atoms with E-state index < -0.39 is 0 Å². The molecule has 0 radical (unpaired) electrons. The van der Waals surface area contributed by atoms with E-state index in [1.807, 2.05) is 0 Å². The first-order valence-electron chi connectivity index (χ1n) is 12.0. The third kappa shape index (κ3) is 2.25. The Kier molecular flexibility index (Phi) is 3.91. The van der Waals surface area contributed by atoms with Crippen molar-refractivity contribution >= 4 is 0 Å². The molecule has 29 heavy (non-hydrogen) atoms. The van der Waals surface area contributed by atoms with Crippen LogP contribution >= 0.6 is 0 Å². The van der Waals surface area contributed by atoms with Gasteiger partial charge in [0.05, 0.1) is 26.4 Å². The zero-order valence-corrected chi connectivity index (χ0v) is 18.6. The van der Waals surface area contributed by atoms with Crippen LogP contribution in [0.5, 0.6) is 0 Å². The summed E-state index contributed by atoms with van der Waals surface area (Å²) in [7, 11) is 0. The molecule has 0 aromatic heterocycles. The van der Waals surface area contributed by atoms with Gasteiger partial charge in [0.15, 0.2) is 11.6 Å². The number of hydrogen-bond acceptors (Lipinski definition) is 4. The average Bonchev–Trinajstić information content (AvgIpc) is 3.39. The van der Waals surface area contributed by atoms with Crippen molar-refractivity contribution < 1.29 is 18.9 Å². The first-order valence-corrected chi connectivity index (χ1v) is 12.0. The maximum Gasteiger partial charge on any atom is 0.174 e. The Balaban J connectivity index is 1.35. The van der Waals surface area contributed by atoms with Crippen molar-refractivity contribution in [2.24, 2.45) is 34.0 Å². The molecule has 4 saturated carbocycles. The fourth-order valence-corrected chi connectivity index (χ4v) is 9.21. The quantitative estimate of drug-likeness (QED) is 0.530. The van der Waals surface area contributed by atoms with Crippen LogP contribution in [0.4, 0.5) is 0 Å². The van der Waals surface area contributed by atoms with Crippen molar-refractivity contribution in [3.8, 4) is 0 Å². The Morgan fingerprint density at radius 3 is 2.10 bits per heavy atom. The summed E-state index contributed by atoms with van der Waals surface area (Å²) >= 11 is 0. The Morgan fingerprint density at radius 1 is 0.759 bits per heavy atom. The van der Waals surface area contributed by atoms with Crippen molar-refractivity contribution in [3.63, 3.8) is 0 Å². The summed E-state index contributed by atoms with van der Waals surface area (Å²) < 4.78 is 25.0. The molecule has 0 aromatic carbocycles. The second-order valence-corrected chi connectivity index (χ2v) is 11.8. The standard InChI is InChI=1S/C25H38O4/c1-17-15-21(2)16-24(26-11-12-27-24)10-9-22(21,3)18-5-7-23(4)19(20(17)18)6-8-25(23)28-13-14-29-25/h18-20H,1,5-16H2,2-4H3. The Labute approximate surface area is 175 Å². The predicted molar refractivity (Wildman–Crippen MR) is 110 cm³/mol. The molecule has 6 atom stereocenters. The summed E-state index contributed by atoms with van der Waals surface area (Å²) in [5.74, 6) is 1.31. The molecule has 2 spiro atoms. The van der Waals surface area contributed by atoms with E-state index in [0.717, 1.165) is 52.1 Å². The molecule has 0 bridgehead atoms. The van der Waals surface area contributed by atoms with Crippen LogP contribution in [0.3, 0.4) is 0 Å². The van der Waals surface area contributed by atoms with Crippen molar-refractivity contribution in [2.45, 2.75) is 83.7 Å². The van der Waals surface area contributed by atoms with E-state index >= 15 is 0 Å². The Hall–Kier alpha value is -0.420. The highest BCUT2D eigenvalue weighted by Gasteiger charge is 2.70. The first-order chi connectivity index (χ1) is 13.8. The molecule has 2 saturated heterocycles. The van der Waals surface area contributed by atoms with E-state index in [0.29, 0.717) is 23.2 Å². The van der Waals surface area contributed by atoms with E-state index in [1.54, 1.807) is 0 Å². The fourth-order valence-electron chi connectivity index (χ4n) is 9.21. The van der Waals surface area contributed by atoms with Crippen LogP contribution in [0.25, 0.3) is 0 Å². The van der Waals surface area contributed by atoms with Crippen LogP contribution in [0.2, 0.25) is 0 Å². The summed E-state index contributed by atoms with van der Waals surface area (Å²) in [4.78, 5) is 0. The van der Waals surface area contributed by atoms with Gasteiger partial charge in [-0.1, -0.05) is 32.9 Å². The third-order valence-corrected chi connectivity index (χ3v) is 10.9. The van der Waals surface area contributed by atoms with Gasteiger partial charge < -0.3 is 18.9 Å². The molecule has 0 amide bonds. The minimum atomic E-state index is -0.327. The molecule has 6 unspecified atom stereocenters. The van der Waals surface area contributed by atoms with Crippen molar-refractivity contribution in [1.82, 2.24) is 0 Å². The zero-order chi connectivity index (χ0) is 20.1. The van der Waals surface area contributed by atoms with E-state index in [4.69, 9.17) is 25.5 Å². The SMILES string of the molecule is C=C1CC2(C)CC3(CCC2(C)C2CCC4(C)C(CCC45OCCO5)C12)OCCO3. The molecule has 2 heterocycles. The van der Waals surface area contributed by atoms with Gasteiger partial charge >= 0.3 is 0 Å². The third-order valence-electron chi connectivity index (χ3n) is 10.9. The number of hydrogen-bond donors (Lipinski definition) is 0. The van der Waals surface area contributed by atoms with Gasteiger partial charge in [-0.05, 0) is 60.7 Å². The highest BCUT2D eigenvalue weighted by Crippen LogP contribution is 2.73. The van der Waals surface area contributed by atoms with Gasteiger partial charge in [-0.25, -0.2) is 0 Å². The normalized spacial score (nSPS) is 52.5. The zero-order valence-electron chi connectivity index (χ0n) is 18.6. The molecule has 4 heteroatoms. The summed E-state index contributed by atoms with van der Waals surface area (Å²) in [6.07, 6.45) is 9.16. The van der Waals surface area contributed by atoms with E-state index in [1.165, 1.54) is 31.3 Å². The summed E-state index contributed by atoms with van der Waals surface area (Å²) in [5, 5.41) is 0. The lowest BCUT2D eigenvalue weighted by molar-refractivity contribution is -0.265. The Bertz CT molecular complexity index is 720. The van der Waals surface area contributed by atoms with Crippen LogP contribution in [-0.2, 0) is 18.9 Å². The van der Waals surface area contributed by atoms with Crippen LogP contribution < -0.4 is 0 Å². The van der Waals surface area contributed by atoms with Gasteiger partial charge in [0.25, 0.3) is 0 Å². The monoisotopic (exact) mass is 402 g/mol. The highest BCUT2D eigenvalue weighted by atomic mass is 16.7. The number of ether oxygens (including phenoxy) is 4. The van der Waals surface area contributed by atoms with Crippen molar-refractivity contribution in [2.75, 3.05) is 26.4 Å². The van der Waals surface area contributed by atoms with Crippen LogP contribution in [0, 0.1) is 34.0 Å². The molecule has 6 rings (SSSR count). The largest absolute Gasteiger partial charge is 0.348 e. The van der Waals surface area contributed by atoms with Gasteiger partial charge in [0, 0.05) is 24.7 Å². The van der Waals surface area contributed by atoms with Crippen molar-refractivity contribution in [1.29, 1.82) is 0 Å². The molecule has 6 aliphatic rings. The minimum absolute atomic E-state index is 0.130. The number of fused-ring (bicyclic) bond motifs is 6. The number of allylic oxidation sites excluding steroid dienone is 1. The van der Waals surface area contributed by atoms with E-state index in [2.05, 4.69) is 20.8 Å². The average molecular weight is 403 g/mol. The second kappa shape index (κ2) is 5.88. The number of rotatable bonds is 0. The predicted octanol–water partition coefficient (Wildman–Crippen LogP) is 5.07. The van der Waals surface area contributed by atoms with Crippen molar-refractivity contribution in [3.05, 3.63) is 12.2 Å². The van der Waals surface area contributed by atoms with Crippen LogP contribution in [0.15, 0.2) is 12.2 Å². The summed E-state index contributed by atoms with van der Waals surface area (Å²) in [6.45, 7) is 15.3. The Morgan fingerprint density at radius 2 is 1.38 bits per heavy atom. The topological polar surface area (TPSA) is 36.9 Å². The molecular weight excluding hydrogens is 364 g/mol. The van der Waals surface area contributed by atoms with Gasteiger partial charge in [-0.15, -0.1) is 0 Å². The second-order valence-electron chi connectivity index (χ2n) is 11.8. The summed E-state index contributed by atoms with van der Waals surface area (Å²) in [5.41, 5.74) is 2.15. The van der Waals surface area contributed by atoms with Gasteiger partial charge in [-0.2, -0.15) is 0 Å². The molecule has 0 N–H and O–H groups in total. The highest BCUT2D eigenvalue weighted by molar-refractivity contribution is 5.25. The van der Waals surface area contributed by atoms with Gasteiger partial charge in [-0.3, -0.25) is 0 Å². The van der Waals surface area contributed by atoms with Crippen LogP contribution in [-0.4, -0.2) is 38.0 Å². The fraction of sp³-hybridized carbons (Fsp3) is 0.920. The first kappa shape index (κ1) is 19.3. The molecular formula is C25H38O4. The molecule has 2 aliphatic heterocycles. The maximum atomic E-state index is 6.32. The lowest BCUT2D eigenvalue weighted by Gasteiger charge is -2.66. The molecule has 4 nitrogen and oxygen atoms in total. The lowest BCUT2D eigenvalue weighted by Crippen LogP contribution is -2.62. The minimum Gasteiger partial charge on any atom is -0.348 e. The van der Waals surface area contributed by atoms with Crippen LogP contribution in [0.1, 0.15) is 72.1 Å². The molecule has 6 fully saturated rings. The molecule has 162 valence electrons. The van der Waals surface area contributed by atoms with E-state index in [-0.39, 0.29) is 22.4 Å².